The Kier molecular flexibility index (Phi) is 2.63. The van der Waals surface area contributed by atoms with E-state index in [4.69, 9.17) is 5.11 Å². The molecular weight excluding hydrogens is 283 g/mol. The average Bonchev–Trinajstić information content (AvgIpc) is 2.16. The normalized spacial score (nSPS) is 31.3. The molecule has 18 heavy (non-hydrogen) atoms. The standard InChI is InChI=1S/C8H7F9O/c1-3(2,18)4(9)5(10,11)7(14,15)8(16,17)6(4,12)13/h18H,1-2H3. The second-order valence-corrected chi connectivity index (χ2v) is 4.52. The molecule has 0 saturated heterocycles. The maximum absolute atomic E-state index is 13.7. The van der Waals surface area contributed by atoms with Gasteiger partial charge in [-0.3, -0.25) is 0 Å². The molecule has 0 aliphatic heterocycles. The molecule has 0 atom stereocenters. The third-order valence-electron chi connectivity index (χ3n) is 2.89. The summed E-state index contributed by atoms with van der Waals surface area (Å²) < 4.78 is 116. The Labute approximate surface area is 94.6 Å². The van der Waals surface area contributed by atoms with Crippen molar-refractivity contribution >= 4 is 0 Å². The van der Waals surface area contributed by atoms with Crippen LogP contribution in [0.3, 0.4) is 0 Å². The molecule has 0 aromatic heterocycles. The van der Waals surface area contributed by atoms with E-state index in [0.717, 1.165) is 0 Å². The first-order valence-corrected chi connectivity index (χ1v) is 4.42. The minimum Gasteiger partial charge on any atom is -0.387 e. The fraction of sp³-hybridized carbons (Fsp3) is 1.00. The van der Waals surface area contributed by atoms with Crippen molar-refractivity contribution < 1.29 is 44.6 Å². The Morgan fingerprint density at radius 3 is 0.944 bits per heavy atom. The van der Waals surface area contributed by atoms with Crippen molar-refractivity contribution in [1.29, 1.82) is 0 Å². The molecule has 1 fully saturated rings. The van der Waals surface area contributed by atoms with E-state index >= 15 is 0 Å². The van der Waals surface area contributed by atoms with Crippen molar-refractivity contribution in [3.63, 3.8) is 0 Å². The van der Waals surface area contributed by atoms with Crippen molar-refractivity contribution in [1.82, 2.24) is 0 Å². The average molecular weight is 290 g/mol. The van der Waals surface area contributed by atoms with Gasteiger partial charge in [0.2, 0.25) is 0 Å². The van der Waals surface area contributed by atoms with Crippen LogP contribution in [-0.4, -0.2) is 40.1 Å². The van der Waals surface area contributed by atoms with Gasteiger partial charge >= 0.3 is 23.7 Å². The molecule has 1 saturated carbocycles. The van der Waals surface area contributed by atoms with Gasteiger partial charge in [-0.15, -0.1) is 0 Å². The van der Waals surface area contributed by atoms with E-state index in [1.165, 1.54) is 0 Å². The Balaban J connectivity index is 3.75. The van der Waals surface area contributed by atoms with E-state index in [9.17, 15) is 39.5 Å². The zero-order valence-corrected chi connectivity index (χ0v) is 8.85. The molecule has 0 radical (unpaired) electrons. The van der Waals surface area contributed by atoms with E-state index in [2.05, 4.69) is 0 Å². The fourth-order valence-corrected chi connectivity index (χ4v) is 1.79. The third-order valence-corrected chi connectivity index (χ3v) is 2.89. The fourth-order valence-electron chi connectivity index (χ4n) is 1.79. The summed E-state index contributed by atoms with van der Waals surface area (Å²) in [6.45, 7) is -0.0431. The molecule has 1 N–H and O–H groups in total. The zero-order valence-electron chi connectivity index (χ0n) is 8.85. The molecule has 10 heteroatoms. The molecule has 0 aromatic rings. The molecule has 0 amide bonds. The van der Waals surface area contributed by atoms with Crippen LogP contribution < -0.4 is 0 Å². The molecule has 0 aromatic carbocycles. The molecule has 1 aliphatic rings. The highest BCUT2D eigenvalue weighted by Gasteiger charge is 3.02. The number of rotatable bonds is 1. The van der Waals surface area contributed by atoms with Crippen LogP contribution in [0, 0.1) is 0 Å². The topological polar surface area (TPSA) is 20.2 Å². The summed E-state index contributed by atoms with van der Waals surface area (Å²) in [5.74, 6) is -26.2. The number of hydrogen-bond donors (Lipinski definition) is 1. The Hall–Kier alpha value is -0.670. The first kappa shape index (κ1) is 15.4. The van der Waals surface area contributed by atoms with Gasteiger partial charge < -0.3 is 5.11 Å². The van der Waals surface area contributed by atoms with Gasteiger partial charge in [0.25, 0.3) is 5.67 Å². The molecular formula is C8H7F9O. The van der Waals surface area contributed by atoms with Crippen LogP contribution >= 0.6 is 0 Å². The van der Waals surface area contributed by atoms with Gasteiger partial charge in [0.05, 0.1) is 0 Å². The molecule has 108 valence electrons. The van der Waals surface area contributed by atoms with Gasteiger partial charge in [-0.2, -0.15) is 35.1 Å². The molecule has 1 aliphatic carbocycles. The first-order valence-electron chi connectivity index (χ1n) is 4.42. The van der Waals surface area contributed by atoms with Crippen LogP contribution in [0.5, 0.6) is 0 Å². The maximum atomic E-state index is 13.7. The lowest BCUT2D eigenvalue weighted by atomic mass is 9.81. The maximum Gasteiger partial charge on any atom is 0.382 e. The third kappa shape index (κ3) is 1.11. The van der Waals surface area contributed by atoms with E-state index < -0.39 is 35.0 Å². The smallest absolute Gasteiger partial charge is 0.382 e. The van der Waals surface area contributed by atoms with Crippen LogP contribution in [0.4, 0.5) is 39.5 Å². The Morgan fingerprint density at radius 1 is 0.611 bits per heavy atom. The largest absolute Gasteiger partial charge is 0.387 e. The molecule has 0 unspecified atom stereocenters. The summed E-state index contributed by atoms with van der Waals surface area (Å²) >= 11 is 0. The van der Waals surface area contributed by atoms with Gasteiger partial charge in [0, 0.05) is 0 Å². The summed E-state index contributed by atoms with van der Waals surface area (Å²) in [5.41, 5.74) is -9.65. The van der Waals surface area contributed by atoms with Crippen LogP contribution in [0.2, 0.25) is 0 Å². The van der Waals surface area contributed by atoms with Gasteiger partial charge in [0.15, 0.2) is 0 Å². The minimum atomic E-state index is -6.64. The van der Waals surface area contributed by atoms with Crippen molar-refractivity contribution in [2.75, 3.05) is 0 Å². The van der Waals surface area contributed by atoms with E-state index in [1.807, 2.05) is 0 Å². The van der Waals surface area contributed by atoms with Gasteiger partial charge in [-0.25, -0.2) is 4.39 Å². The molecule has 1 nitrogen and oxygen atoms in total. The van der Waals surface area contributed by atoms with E-state index in [-0.39, 0.29) is 13.8 Å². The van der Waals surface area contributed by atoms with Crippen molar-refractivity contribution in [3.8, 4) is 0 Å². The summed E-state index contributed by atoms with van der Waals surface area (Å²) in [6, 6.07) is 0. The predicted molar refractivity (Wildman–Crippen MR) is 39.9 cm³/mol. The quantitative estimate of drug-likeness (QED) is 0.736. The van der Waals surface area contributed by atoms with Gasteiger partial charge in [-0.1, -0.05) is 0 Å². The van der Waals surface area contributed by atoms with Crippen LogP contribution in [0.15, 0.2) is 0 Å². The highest BCUT2D eigenvalue weighted by Crippen LogP contribution is 2.71. The Bertz CT molecular complexity index is 341. The zero-order chi connectivity index (χ0) is 15.0. The van der Waals surface area contributed by atoms with Crippen molar-refractivity contribution in [3.05, 3.63) is 0 Å². The first-order chi connectivity index (χ1) is 7.50. The van der Waals surface area contributed by atoms with Crippen molar-refractivity contribution in [2.24, 2.45) is 0 Å². The van der Waals surface area contributed by atoms with Crippen LogP contribution in [-0.2, 0) is 0 Å². The Morgan fingerprint density at radius 2 is 0.833 bits per heavy atom. The lowest BCUT2D eigenvalue weighted by molar-refractivity contribution is -0.303. The number of aliphatic hydroxyl groups is 1. The predicted octanol–water partition coefficient (Wildman–Crippen LogP) is 3.02. The molecule has 1 rings (SSSR count). The van der Waals surface area contributed by atoms with E-state index in [0.29, 0.717) is 0 Å². The number of alkyl halides is 9. The van der Waals surface area contributed by atoms with E-state index in [1.54, 1.807) is 0 Å². The lowest BCUT2D eigenvalue weighted by Crippen LogP contribution is -2.66. The minimum absolute atomic E-state index is 0.0215. The highest BCUT2D eigenvalue weighted by atomic mass is 19.4. The lowest BCUT2D eigenvalue weighted by Gasteiger charge is -2.39. The van der Waals surface area contributed by atoms with Crippen LogP contribution in [0.25, 0.3) is 0 Å². The van der Waals surface area contributed by atoms with Crippen molar-refractivity contribution in [2.45, 2.75) is 48.8 Å². The summed E-state index contributed by atoms with van der Waals surface area (Å²) in [6.07, 6.45) is 0. The summed E-state index contributed by atoms with van der Waals surface area (Å²) in [7, 11) is 0. The second-order valence-electron chi connectivity index (χ2n) is 4.52. The summed E-state index contributed by atoms with van der Waals surface area (Å²) in [5, 5.41) is 8.91. The number of halogens is 9. The molecule has 0 bridgehead atoms. The molecule has 0 heterocycles. The monoisotopic (exact) mass is 290 g/mol. The SMILES string of the molecule is CC(C)(O)C1(F)C(F)(F)C(F)(F)C(F)(F)C1(F)F. The van der Waals surface area contributed by atoms with Gasteiger partial charge in [0.1, 0.15) is 5.60 Å². The van der Waals surface area contributed by atoms with Gasteiger partial charge in [-0.05, 0) is 13.8 Å². The number of hydrogen-bond acceptors (Lipinski definition) is 1. The highest BCUT2D eigenvalue weighted by molar-refractivity contribution is 5.30. The van der Waals surface area contributed by atoms with Crippen LogP contribution in [0.1, 0.15) is 13.8 Å². The second kappa shape index (κ2) is 3.07. The summed E-state index contributed by atoms with van der Waals surface area (Å²) in [4.78, 5) is 0. The molecule has 0 spiro atoms.